The summed E-state index contributed by atoms with van der Waals surface area (Å²) in [6.07, 6.45) is 0. The van der Waals surface area contributed by atoms with Gasteiger partial charge >= 0.3 is 0 Å². The van der Waals surface area contributed by atoms with E-state index in [1.165, 1.54) is 38.8 Å². The molecule has 4 aromatic rings. The van der Waals surface area contributed by atoms with E-state index in [1.54, 1.807) is 0 Å². The molecule has 0 aromatic heterocycles. The Hall–Kier alpha value is -3.52. The molecular weight excluding hydrogens is 373 g/mol. The highest BCUT2D eigenvalue weighted by molar-refractivity contribution is 7.00. The Kier molecular flexibility index (Phi) is 6.38. The zero-order chi connectivity index (χ0) is 21.6. The highest BCUT2D eigenvalue weighted by Gasteiger charge is 2.27. The Morgan fingerprint density at radius 2 is 1.03 bits per heavy atom. The van der Waals surface area contributed by atoms with Gasteiger partial charge in [-0.25, -0.2) is 0 Å². The normalized spacial score (nSPS) is 11.6. The summed E-state index contributed by atoms with van der Waals surface area (Å²) in [5.74, 6) is 0. The maximum atomic E-state index is 2.27. The fraction of sp³-hybridized carbons (Fsp3) is 0.103. The van der Waals surface area contributed by atoms with Gasteiger partial charge in [0.25, 0.3) is 0 Å². The molecule has 0 aliphatic heterocycles. The number of nitrogens with zero attached hydrogens (tertiary/aromatic N) is 1. The van der Waals surface area contributed by atoms with Crippen LogP contribution < -0.4 is 15.8 Å². The zero-order valence-corrected chi connectivity index (χ0v) is 18.5. The Labute approximate surface area is 186 Å². The van der Waals surface area contributed by atoms with E-state index in [9.17, 15) is 0 Å². The molecule has 2 heteroatoms. The summed E-state index contributed by atoms with van der Waals surface area (Å²) < 4.78 is 0. The van der Waals surface area contributed by atoms with Gasteiger partial charge in [0, 0.05) is 25.3 Å². The molecule has 0 aliphatic rings. The van der Waals surface area contributed by atoms with Crippen LogP contribution in [0.15, 0.2) is 115 Å². The van der Waals surface area contributed by atoms with Gasteiger partial charge in [-0.1, -0.05) is 126 Å². The molecule has 4 rings (SSSR count). The van der Waals surface area contributed by atoms with Crippen LogP contribution in [-0.2, 0) is 0 Å². The molecule has 0 unspecified atom stereocenters. The summed E-state index contributed by atoms with van der Waals surface area (Å²) in [6.45, 7) is 2.41. The lowest BCUT2D eigenvalue weighted by molar-refractivity contribution is 1.12. The second kappa shape index (κ2) is 9.53. The first kappa shape index (κ1) is 20.7. The van der Waals surface area contributed by atoms with Crippen molar-refractivity contribution < 1.29 is 0 Å². The summed E-state index contributed by atoms with van der Waals surface area (Å²) in [5.41, 5.74) is 8.99. The number of anilines is 1. The van der Waals surface area contributed by atoms with Crippen molar-refractivity contribution in [3.05, 3.63) is 126 Å². The van der Waals surface area contributed by atoms with Crippen LogP contribution >= 0.6 is 0 Å². The van der Waals surface area contributed by atoms with Gasteiger partial charge < -0.3 is 4.90 Å². The van der Waals surface area contributed by atoms with Gasteiger partial charge in [0.1, 0.15) is 0 Å². The number of rotatable bonds is 6. The van der Waals surface area contributed by atoms with E-state index < -0.39 is 0 Å². The predicted molar refractivity (Wildman–Crippen MR) is 138 cm³/mol. The Morgan fingerprint density at radius 3 is 1.55 bits per heavy atom. The SMILES string of the molecule is C/C(=C(/B(c1ccccc1)c1ccccc1)c1ccccc1)c1ccccc1N(C)C. The van der Waals surface area contributed by atoms with Gasteiger partial charge in [-0.3, -0.25) is 0 Å². The van der Waals surface area contributed by atoms with Crippen LogP contribution in [0.3, 0.4) is 0 Å². The lowest BCUT2D eigenvalue weighted by Gasteiger charge is -2.25. The topological polar surface area (TPSA) is 3.24 Å². The summed E-state index contributed by atoms with van der Waals surface area (Å²) in [5, 5.41) is 0. The number of hydrogen-bond acceptors (Lipinski definition) is 1. The van der Waals surface area contributed by atoms with Crippen LogP contribution in [0, 0.1) is 0 Å². The van der Waals surface area contributed by atoms with E-state index in [0.29, 0.717) is 0 Å². The number of para-hydroxylation sites is 1. The van der Waals surface area contributed by atoms with Gasteiger partial charge in [-0.05, 0) is 24.1 Å². The molecule has 0 atom stereocenters. The zero-order valence-electron chi connectivity index (χ0n) is 18.5. The lowest BCUT2D eigenvalue weighted by atomic mass is 9.34. The summed E-state index contributed by atoms with van der Waals surface area (Å²) in [4.78, 5) is 2.20. The van der Waals surface area contributed by atoms with Crippen molar-refractivity contribution in [2.24, 2.45) is 0 Å². The van der Waals surface area contributed by atoms with Gasteiger partial charge in [0.2, 0.25) is 6.71 Å². The van der Waals surface area contributed by atoms with Crippen molar-refractivity contribution in [3.63, 3.8) is 0 Å². The van der Waals surface area contributed by atoms with Crippen LogP contribution in [0.5, 0.6) is 0 Å². The molecule has 0 fully saturated rings. The summed E-state index contributed by atoms with van der Waals surface area (Å²) in [7, 11) is 4.22. The molecule has 1 nitrogen and oxygen atoms in total. The van der Waals surface area contributed by atoms with Crippen molar-refractivity contribution in [2.45, 2.75) is 6.92 Å². The Morgan fingerprint density at radius 1 is 0.581 bits per heavy atom. The van der Waals surface area contributed by atoms with Gasteiger partial charge in [0.15, 0.2) is 0 Å². The second-order valence-corrected chi connectivity index (χ2v) is 8.07. The lowest BCUT2D eigenvalue weighted by Crippen LogP contribution is -2.43. The van der Waals surface area contributed by atoms with Gasteiger partial charge in [-0.15, -0.1) is 0 Å². The van der Waals surface area contributed by atoms with Crippen molar-refractivity contribution >= 4 is 34.4 Å². The third kappa shape index (κ3) is 4.49. The van der Waals surface area contributed by atoms with Crippen molar-refractivity contribution in [2.75, 3.05) is 19.0 Å². The molecular formula is C29H28BN. The molecule has 0 bridgehead atoms. The third-order valence-corrected chi connectivity index (χ3v) is 5.83. The molecule has 152 valence electrons. The first-order valence-electron chi connectivity index (χ1n) is 10.8. The number of allylic oxidation sites excluding steroid dienone is 1. The third-order valence-electron chi connectivity index (χ3n) is 5.83. The molecule has 0 radical (unpaired) electrons. The first-order chi connectivity index (χ1) is 15.2. The molecule has 0 saturated heterocycles. The minimum absolute atomic E-state index is 0.139. The standard InChI is InChI=1S/C29H28BN/c1-23(27-21-13-14-22-28(27)31(2)3)29(24-15-7-4-8-16-24)30(25-17-9-5-10-18-25)26-19-11-6-12-20-26/h4-22H,1-3H3/b29-23-. The van der Waals surface area contributed by atoms with E-state index in [2.05, 4.69) is 141 Å². The maximum Gasteiger partial charge on any atom is 0.242 e. The Balaban J connectivity index is 2.04. The minimum Gasteiger partial charge on any atom is -0.377 e. The summed E-state index contributed by atoms with van der Waals surface area (Å²) in [6, 6.07) is 41.2. The van der Waals surface area contributed by atoms with E-state index in [0.717, 1.165) is 0 Å². The van der Waals surface area contributed by atoms with Crippen LogP contribution in [0.1, 0.15) is 18.1 Å². The molecule has 0 N–H and O–H groups in total. The predicted octanol–water partition coefficient (Wildman–Crippen LogP) is 5.53. The molecule has 4 aromatic carbocycles. The molecule has 0 spiro atoms. The van der Waals surface area contributed by atoms with Crippen LogP contribution in [-0.4, -0.2) is 20.8 Å². The maximum absolute atomic E-state index is 2.27. The van der Waals surface area contributed by atoms with E-state index in [-0.39, 0.29) is 6.71 Å². The average Bonchev–Trinajstić information content (AvgIpc) is 2.83. The molecule has 0 saturated carbocycles. The van der Waals surface area contributed by atoms with Crippen molar-refractivity contribution in [1.29, 1.82) is 0 Å². The van der Waals surface area contributed by atoms with Gasteiger partial charge in [0.05, 0.1) is 0 Å². The molecule has 0 heterocycles. The monoisotopic (exact) mass is 401 g/mol. The van der Waals surface area contributed by atoms with E-state index in [1.807, 2.05) is 0 Å². The second-order valence-electron chi connectivity index (χ2n) is 8.07. The van der Waals surface area contributed by atoms with E-state index in [4.69, 9.17) is 0 Å². The molecule has 0 amide bonds. The first-order valence-corrected chi connectivity index (χ1v) is 10.8. The van der Waals surface area contributed by atoms with Crippen molar-refractivity contribution in [1.82, 2.24) is 0 Å². The number of hydrogen-bond donors (Lipinski definition) is 0. The van der Waals surface area contributed by atoms with Crippen molar-refractivity contribution in [3.8, 4) is 0 Å². The smallest absolute Gasteiger partial charge is 0.242 e. The quantitative estimate of drug-likeness (QED) is 0.303. The fourth-order valence-corrected chi connectivity index (χ4v) is 4.36. The largest absolute Gasteiger partial charge is 0.377 e. The average molecular weight is 401 g/mol. The van der Waals surface area contributed by atoms with Crippen LogP contribution in [0.4, 0.5) is 5.69 Å². The minimum atomic E-state index is 0.139. The highest BCUT2D eigenvalue weighted by atomic mass is 15.1. The Bertz CT molecular complexity index is 1110. The fourth-order valence-electron chi connectivity index (χ4n) is 4.36. The van der Waals surface area contributed by atoms with E-state index >= 15 is 0 Å². The van der Waals surface area contributed by atoms with Gasteiger partial charge in [-0.2, -0.15) is 0 Å². The van der Waals surface area contributed by atoms with Crippen LogP contribution in [0.25, 0.3) is 11.0 Å². The van der Waals surface area contributed by atoms with Crippen LogP contribution in [0.2, 0.25) is 0 Å². The number of benzene rings is 4. The summed E-state index contributed by atoms with van der Waals surface area (Å²) >= 11 is 0. The highest BCUT2D eigenvalue weighted by Crippen LogP contribution is 2.33. The molecule has 0 aliphatic carbocycles. The molecule has 31 heavy (non-hydrogen) atoms.